The number of hydrogen-bond acceptors (Lipinski definition) is 6. The molecule has 1 heterocycles. The van der Waals surface area contributed by atoms with E-state index in [0.717, 1.165) is 15.8 Å². The summed E-state index contributed by atoms with van der Waals surface area (Å²) in [6.45, 7) is 0. The van der Waals surface area contributed by atoms with Crippen LogP contribution in [0.1, 0.15) is 24.8 Å². The number of carbonyl (C=O) groups is 3. The van der Waals surface area contributed by atoms with Gasteiger partial charge in [-0.2, -0.15) is 0 Å². The first-order valence-electron chi connectivity index (χ1n) is 11.7. The number of halogens is 3. The molecule has 0 fully saturated rings. The van der Waals surface area contributed by atoms with Crippen LogP contribution >= 0.6 is 47.0 Å². The van der Waals surface area contributed by atoms with Crippen LogP contribution in [0.4, 0.5) is 5.69 Å². The molecular weight excluding hydrogens is 583 g/mol. The number of nitrogens with one attached hydrogen (secondary N) is 2. The van der Waals surface area contributed by atoms with Crippen molar-refractivity contribution >= 4 is 92.6 Å². The molecule has 0 saturated carbocycles. The molecule has 1 atom stereocenters. The van der Waals surface area contributed by atoms with Crippen LogP contribution in [0.3, 0.4) is 0 Å². The van der Waals surface area contributed by atoms with Gasteiger partial charge in [-0.3, -0.25) is 24.3 Å². The highest BCUT2D eigenvalue weighted by Crippen LogP contribution is 2.33. The van der Waals surface area contributed by atoms with Gasteiger partial charge in [0, 0.05) is 30.5 Å². The van der Waals surface area contributed by atoms with E-state index in [1.165, 1.54) is 13.2 Å². The molecule has 1 aromatic heterocycles. The van der Waals surface area contributed by atoms with Crippen LogP contribution in [0.25, 0.3) is 17.0 Å². The summed E-state index contributed by atoms with van der Waals surface area (Å²) in [6.07, 6.45) is 2.95. The van der Waals surface area contributed by atoms with E-state index < -0.39 is 27.7 Å². The molecule has 1 unspecified atom stereocenters. The summed E-state index contributed by atoms with van der Waals surface area (Å²) in [5, 5.41) is 6.26. The number of methoxy groups -OCH3 is 1. The van der Waals surface area contributed by atoms with Crippen molar-refractivity contribution < 1.29 is 19.1 Å². The smallest absolute Gasteiger partial charge is 0.305 e. The molecule has 2 amide bonds. The van der Waals surface area contributed by atoms with Gasteiger partial charge in [0.2, 0.25) is 15.6 Å². The lowest BCUT2D eigenvalue weighted by Crippen LogP contribution is -2.60. The molecule has 0 saturated heterocycles. The van der Waals surface area contributed by atoms with E-state index in [4.69, 9.17) is 47.0 Å². The number of benzene rings is 2. The van der Waals surface area contributed by atoms with E-state index in [1.54, 1.807) is 30.5 Å². The van der Waals surface area contributed by atoms with Crippen molar-refractivity contribution in [3.63, 3.8) is 0 Å². The second-order valence-electron chi connectivity index (χ2n) is 8.20. The predicted octanol–water partition coefficient (Wildman–Crippen LogP) is 5.63. The lowest BCUT2D eigenvalue weighted by molar-refractivity contribution is -0.140. The topological polar surface area (TPSA) is 101 Å². The number of amides is 2. The molecule has 204 valence electrons. The summed E-state index contributed by atoms with van der Waals surface area (Å²) in [5.41, 5.74) is 1.87. The van der Waals surface area contributed by atoms with Gasteiger partial charge in [-0.05, 0) is 42.4 Å². The van der Waals surface area contributed by atoms with Crippen molar-refractivity contribution in [1.29, 1.82) is 0 Å². The second kappa shape index (κ2) is 14.2. The zero-order valence-electron chi connectivity index (χ0n) is 20.8. The first-order valence-corrected chi connectivity index (χ1v) is 13.3. The van der Waals surface area contributed by atoms with Crippen molar-refractivity contribution in [3.8, 4) is 0 Å². The van der Waals surface area contributed by atoms with Crippen LogP contribution in [0.5, 0.6) is 0 Å². The van der Waals surface area contributed by atoms with E-state index in [9.17, 15) is 14.4 Å². The Morgan fingerprint density at radius 3 is 2.46 bits per heavy atom. The maximum atomic E-state index is 13.4. The Bertz CT molecular complexity index is 1360. The number of para-hydroxylation sites is 1. The number of pyridine rings is 1. The van der Waals surface area contributed by atoms with Crippen LogP contribution in [0.15, 0.2) is 72.9 Å². The van der Waals surface area contributed by atoms with Gasteiger partial charge in [-0.1, -0.05) is 83.3 Å². The van der Waals surface area contributed by atoms with Crippen molar-refractivity contribution in [2.75, 3.05) is 12.4 Å². The van der Waals surface area contributed by atoms with Crippen LogP contribution in [0, 0.1) is 0 Å². The maximum absolute atomic E-state index is 13.4. The summed E-state index contributed by atoms with van der Waals surface area (Å²) in [6, 6.07) is 18.2. The fourth-order valence-corrected chi connectivity index (χ4v) is 4.35. The van der Waals surface area contributed by atoms with Crippen molar-refractivity contribution in [2.24, 2.45) is 0 Å². The summed E-state index contributed by atoms with van der Waals surface area (Å²) >= 11 is 24.4. The lowest BCUT2D eigenvalue weighted by atomic mass is 10.2. The molecular formula is C27H25Cl3N4O4S. The van der Waals surface area contributed by atoms with Crippen molar-refractivity contribution in [3.05, 3.63) is 78.5 Å². The van der Waals surface area contributed by atoms with Gasteiger partial charge in [-0.25, -0.2) is 0 Å². The fraction of sp³-hybridized carbons (Fsp3) is 0.222. The zero-order chi connectivity index (χ0) is 28.4. The first kappa shape index (κ1) is 30.3. The van der Waals surface area contributed by atoms with Crippen LogP contribution in [-0.2, 0) is 19.1 Å². The molecule has 12 heteroatoms. The summed E-state index contributed by atoms with van der Waals surface area (Å²) < 4.78 is 2.46. The number of anilines is 1. The maximum Gasteiger partial charge on any atom is 0.305 e. The number of thiocarbonyl (C=S) groups is 1. The molecule has 2 N–H and O–H groups in total. The molecule has 0 spiro atoms. The van der Waals surface area contributed by atoms with Crippen LogP contribution in [-0.4, -0.2) is 49.8 Å². The van der Waals surface area contributed by atoms with Crippen molar-refractivity contribution in [2.45, 2.75) is 29.2 Å². The Labute approximate surface area is 246 Å². The highest BCUT2D eigenvalue weighted by molar-refractivity contribution is 7.80. The van der Waals surface area contributed by atoms with E-state index in [2.05, 4.69) is 20.4 Å². The van der Waals surface area contributed by atoms with E-state index >= 15 is 0 Å². The standard InChI is InChI=1S/C27H25Cl3N4O4S/c1-38-23(37)14-6-13-22(36)34(26(39)32-20-12-5-10-19-11-7-17-31-24(19)20)25(27(28,29)30)33-21(35)16-15-18-8-3-2-4-9-18/h2-5,7-12,15-17,25H,6,13-14H2,1H3,(H,32,39)(H,33,35)/b16-15+. The minimum Gasteiger partial charge on any atom is -0.469 e. The molecule has 3 rings (SSSR count). The lowest BCUT2D eigenvalue weighted by Gasteiger charge is -2.36. The predicted molar refractivity (Wildman–Crippen MR) is 158 cm³/mol. The summed E-state index contributed by atoms with van der Waals surface area (Å²) in [5.74, 6) is -1.69. The molecule has 0 aliphatic carbocycles. The Kier molecular flexibility index (Phi) is 11.1. The van der Waals surface area contributed by atoms with E-state index in [-0.39, 0.29) is 24.4 Å². The van der Waals surface area contributed by atoms with Gasteiger partial charge in [0.1, 0.15) is 0 Å². The van der Waals surface area contributed by atoms with E-state index in [1.807, 2.05) is 42.5 Å². The molecule has 8 nitrogen and oxygen atoms in total. The highest BCUT2D eigenvalue weighted by Gasteiger charge is 2.42. The molecule has 0 aliphatic heterocycles. The largest absolute Gasteiger partial charge is 0.469 e. The second-order valence-corrected chi connectivity index (χ2v) is 11.0. The number of rotatable bonds is 9. The van der Waals surface area contributed by atoms with Gasteiger partial charge in [0.25, 0.3) is 0 Å². The van der Waals surface area contributed by atoms with Crippen molar-refractivity contribution in [1.82, 2.24) is 15.2 Å². The first-order chi connectivity index (χ1) is 18.6. The number of nitrogens with zero attached hydrogens (tertiary/aromatic N) is 2. The number of carbonyl (C=O) groups excluding carboxylic acids is 3. The third-order valence-electron chi connectivity index (χ3n) is 5.43. The molecule has 0 radical (unpaired) electrons. The Hall–Kier alpha value is -3.24. The molecule has 0 bridgehead atoms. The van der Waals surface area contributed by atoms with Gasteiger partial charge in [0.05, 0.1) is 18.3 Å². The van der Waals surface area contributed by atoms with Gasteiger partial charge < -0.3 is 15.4 Å². The number of fused-ring (bicyclic) bond motifs is 1. The summed E-state index contributed by atoms with van der Waals surface area (Å²) in [4.78, 5) is 43.2. The Morgan fingerprint density at radius 2 is 1.77 bits per heavy atom. The average Bonchev–Trinajstić information content (AvgIpc) is 2.91. The van der Waals surface area contributed by atoms with Crippen LogP contribution in [0.2, 0.25) is 0 Å². The fourth-order valence-electron chi connectivity index (χ4n) is 3.57. The number of aromatic nitrogens is 1. The monoisotopic (exact) mass is 606 g/mol. The third-order valence-corrected chi connectivity index (χ3v) is 6.35. The Morgan fingerprint density at radius 1 is 1.05 bits per heavy atom. The minimum atomic E-state index is -2.18. The average molecular weight is 608 g/mol. The third kappa shape index (κ3) is 8.90. The Balaban J connectivity index is 1.91. The van der Waals surface area contributed by atoms with Gasteiger partial charge >= 0.3 is 5.97 Å². The minimum absolute atomic E-state index is 0.00583. The van der Waals surface area contributed by atoms with Gasteiger partial charge in [-0.15, -0.1) is 0 Å². The number of ether oxygens (including phenoxy) is 1. The quantitative estimate of drug-likeness (QED) is 0.107. The molecule has 3 aromatic rings. The highest BCUT2D eigenvalue weighted by atomic mass is 35.6. The van der Waals surface area contributed by atoms with Gasteiger partial charge in [0.15, 0.2) is 11.3 Å². The number of esters is 1. The SMILES string of the molecule is COC(=O)CCCC(=O)N(C(=S)Nc1cccc2cccnc12)C(NC(=O)/C=C/c1ccccc1)C(Cl)(Cl)Cl. The molecule has 39 heavy (non-hydrogen) atoms. The molecule has 0 aliphatic rings. The normalized spacial score (nSPS) is 12.1. The van der Waals surface area contributed by atoms with E-state index in [0.29, 0.717) is 11.2 Å². The number of hydrogen-bond donors (Lipinski definition) is 2. The summed E-state index contributed by atoms with van der Waals surface area (Å²) in [7, 11) is 1.26. The van der Waals surface area contributed by atoms with Crippen LogP contribution < -0.4 is 10.6 Å². The molecule has 2 aromatic carbocycles. The number of alkyl halides is 3. The zero-order valence-corrected chi connectivity index (χ0v) is 23.9.